The van der Waals surface area contributed by atoms with Crippen LogP contribution in [0.5, 0.6) is 0 Å². The van der Waals surface area contributed by atoms with Gasteiger partial charge in [0.2, 0.25) is 5.91 Å². The number of carboxylic acid groups (broad SMARTS) is 1. The molecule has 0 spiro atoms. The third-order valence-corrected chi connectivity index (χ3v) is 4.90. The molecule has 0 saturated carbocycles. The number of hydrogen-bond donors (Lipinski definition) is 2. The van der Waals surface area contributed by atoms with Gasteiger partial charge in [0.15, 0.2) is 9.84 Å². The van der Waals surface area contributed by atoms with E-state index in [2.05, 4.69) is 5.32 Å². The molecule has 2 N–H and O–H groups in total. The lowest BCUT2D eigenvalue weighted by atomic mass is 10.1. The Hall–Kier alpha value is -1.15. The Balaban J connectivity index is 2.29. The SMILES string of the molecule is COC(CNC(=O)CC1CCS(=O)(=O)C1)CC(=O)O. The lowest BCUT2D eigenvalue weighted by Gasteiger charge is -2.14. The average Bonchev–Trinajstić information content (AvgIpc) is 2.63. The minimum atomic E-state index is -2.98. The highest BCUT2D eigenvalue weighted by Crippen LogP contribution is 2.21. The molecule has 1 saturated heterocycles. The van der Waals surface area contributed by atoms with Crippen LogP contribution in [0.25, 0.3) is 0 Å². The zero-order chi connectivity index (χ0) is 14.5. The molecule has 1 heterocycles. The first kappa shape index (κ1) is 15.9. The Morgan fingerprint density at radius 3 is 2.63 bits per heavy atom. The monoisotopic (exact) mass is 293 g/mol. The summed E-state index contributed by atoms with van der Waals surface area (Å²) in [6.45, 7) is 0.112. The maximum atomic E-state index is 11.6. The summed E-state index contributed by atoms with van der Waals surface area (Å²) in [5.74, 6) is -1.20. The van der Waals surface area contributed by atoms with E-state index in [0.717, 1.165) is 0 Å². The molecule has 1 aliphatic heterocycles. The number of carbonyl (C=O) groups excluding carboxylic acids is 1. The first-order chi connectivity index (χ1) is 8.82. The van der Waals surface area contributed by atoms with Crippen molar-refractivity contribution in [3.8, 4) is 0 Å². The molecule has 2 unspecified atom stereocenters. The summed E-state index contributed by atoms with van der Waals surface area (Å²) in [4.78, 5) is 22.1. The third-order valence-electron chi connectivity index (χ3n) is 3.06. The molecular weight excluding hydrogens is 274 g/mol. The van der Waals surface area contributed by atoms with Crippen molar-refractivity contribution in [1.29, 1.82) is 0 Å². The van der Waals surface area contributed by atoms with E-state index in [9.17, 15) is 18.0 Å². The van der Waals surface area contributed by atoms with Crippen molar-refractivity contribution in [2.75, 3.05) is 25.2 Å². The summed E-state index contributed by atoms with van der Waals surface area (Å²) >= 11 is 0. The Labute approximate surface area is 112 Å². The molecular formula is C11H19NO6S. The molecule has 1 fully saturated rings. The Kier molecular flexibility index (Phi) is 5.74. The van der Waals surface area contributed by atoms with Crippen molar-refractivity contribution < 1.29 is 27.9 Å². The summed E-state index contributed by atoms with van der Waals surface area (Å²) in [5.41, 5.74) is 0. The van der Waals surface area contributed by atoms with Crippen molar-refractivity contribution in [2.24, 2.45) is 5.92 Å². The predicted molar refractivity (Wildman–Crippen MR) is 67.4 cm³/mol. The molecule has 1 aliphatic rings. The van der Waals surface area contributed by atoms with Crippen LogP contribution in [0.2, 0.25) is 0 Å². The van der Waals surface area contributed by atoms with Crippen LogP contribution < -0.4 is 5.32 Å². The topological polar surface area (TPSA) is 110 Å². The number of methoxy groups -OCH3 is 1. The minimum absolute atomic E-state index is 0.0588. The summed E-state index contributed by atoms with van der Waals surface area (Å²) in [6.07, 6.45) is -0.0932. The minimum Gasteiger partial charge on any atom is -0.481 e. The van der Waals surface area contributed by atoms with Gasteiger partial charge in [-0.1, -0.05) is 0 Å². The largest absolute Gasteiger partial charge is 0.481 e. The van der Waals surface area contributed by atoms with Crippen molar-refractivity contribution >= 4 is 21.7 Å². The van der Waals surface area contributed by atoms with Gasteiger partial charge >= 0.3 is 5.97 Å². The number of hydrogen-bond acceptors (Lipinski definition) is 5. The number of carboxylic acids is 1. The fourth-order valence-corrected chi connectivity index (χ4v) is 3.89. The standard InChI is InChI=1S/C11H19NO6S/c1-18-9(5-11(14)15)6-12-10(13)4-8-2-3-19(16,17)7-8/h8-9H,2-7H2,1H3,(H,12,13)(H,14,15). The van der Waals surface area contributed by atoms with Gasteiger partial charge in [-0.2, -0.15) is 0 Å². The number of aliphatic carboxylic acids is 1. The summed E-state index contributed by atoms with van der Waals surface area (Å²) in [5, 5.41) is 11.2. The van der Waals surface area contributed by atoms with Crippen LogP contribution in [0.1, 0.15) is 19.3 Å². The molecule has 0 aromatic heterocycles. The number of ether oxygens (including phenoxy) is 1. The van der Waals surface area contributed by atoms with E-state index in [-0.39, 0.29) is 42.7 Å². The van der Waals surface area contributed by atoms with Crippen molar-refractivity contribution in [3.63, 3.8) is 0 Å². The number of rotatable bonds is 7. The number of nitrogens with one attached hydrogen (secondary N) is 1. The third kappa shape index (κ3) is 6.02. The molecule has 1 rings (SSSR count). The maximum Gasteiger partial charge on any atom is 0.306 e. The van der Waals surface area contributed by atoms with Crippen LogP contribution >= 0.6 is 0 Å². The van der Waals surface area contributed by atoms with Gasteiger partial charge in [0.1, 0.15) is 0 Å². The molecule has 110 valence electrons. The van der Waals surface area contributed by atoms with E-state index in [4.69, 9.17) is 9.84 Å². The first-order valence-electron chi connectivity index (χ1n) is 6.04. The van der Waals surface area contributed by atoms with Crippen LogP contribution in [-0.4, -0.2) is 56.7 Å². The van der Waals surface area contributed by atoms with Crippen molar-refractivity contribution in [2.45, 2.75) is 25.4 Å². The smallest absolute Gasteiger partial charge is 0.306 e. The number of carbonyl (C=O) groups is 2. The van der Waals surface area contributed by atoms with Gasteiger partial charge in [0, 0.05) is 20.1 Å². The Bertz CT molecular complexity index is 432. The van der Waals surface area contributed by atoms with E-state index >= 15 is 0 Å². The summed E-state index contributed by atoms with van der Waals surface area (Å²) < 4.78 is 27.4. The van der Waals surface area contributed by atoms with Crippen molar-refractivity contribution in [3.05, 3.63) is 0 Å². The Morgan fingerprint density at radius 1 is 1.47 bits per heavy atom. The molecule has 0 aliphatic carbocycles. The van der Waals surface area contributed by atoms with Gasteiger partial charge in [0.05, 0.1) is 24.0 Å². The maximum absolute atomic E-state index is 11.6. The van der Waals surface area contributed by atoms with Gasteiger partial charge in [-0.05, 0) is 12.3 Å². The molecule has 0 bridgehead atoms. The normalized spacial score (nSPS) is 22.9. The van der Waals surface area contributed by atoms with Crippen LogP contribution in [-0.2, 0) is 24.2 Å². The Morgan fingerprint density at radius 2 is 2.16 bits per heavy atom. The lowest BCUT2D eigenvalue weighted by Crippen LogP contribution is -2.35. The quantitative estimate of drug-likeness (QED) is 0.649. The summed E-state index contributed by atoms with van der Waals surface area (Å²) in [7, 11) is -1.60. The highest BCUT2D eigenvalue weighted by Gasteiger charge is 2.29. The molecule has 8 heteroatoms. The van der Waals surface area contributed by atoms with Gasteiger partial charge < -0.3 is 15.2 Å². The van der Waals surface area contributed by atoms with Gasteiger partial charge in [-0.25, -0.2) is 8.42 Å². The van der Waals surface area contributed by atoms with E-state index in [1.807, 2.05) is 0 Å². The van der Waals surface area contributed by atoms with Crippen LogP contribution in [0.3, 0.4) is 0 Å². The molecule has 0 radical (unpaired) electrons. The van der Waals surface area contributed by atoms with E-state index in [0.29, 0.717) is 6.42 Å². The van der Waals surface area contributed by atoms with E-state index in [1.54, 1.807) is 0 Å². The van der Waals surface area contributed by atoms with Gasteiger partial charge in [-0.15, -0.1) is 0 Å². The van der Waals surface area contributed by atoms with Gasteiger partial charge in [0.25, 0.3) is 0 Å². The second-order valence-electron chi connectivity index (χ2n) is 4.73. The fourth-order valence-electron chi connectivity index (χ4n) is 2.03. The van der Waals surface area contributed by atoms with E-state index < -0.39 is 21.9 Å². The van der Waals surface area contributed by atoms with E-state index in [1.165, 1.54) is 7.11 Å². The first-order valence-corrected chi connectivity index (χ1v) is 7.86. The predicted octanol–water partition coefficient (Wildman–Crippen LogP) is -0.583. The second kappa shape index (κ2) is 6.85. The molecule has 0 aromatic carbocycles. The fraction of sp³-hybridized carbons (Fsp3) is 0.818. The second-order valence-corrected chi connectivity index (χ2v) is 6.96. The number of amides is 1. The zero-order valence-corrected chi connectivity index (χ0v) is 11.6. The summed E-state index contributed by atoms with van der Waals surface area (Å²) in [6, 6.07) is 0. The molecule has 7 nitrogen and oxygen atoms in total. The number of sulfone groups is 1. The van der Waals surface area contributed by atoms with Crippen molar-refractivity contribution in [1.82, 2.24) is 5.32 Å². The van der Waals surface area contributed by atoms with Crippen LogP contribution in [0.15, 0.2) is 0 Å². The van der Waals surface area contributed by atoms with Crippen LogP contribution in [0.4, 0.5) is 0 Å². The average molecular weight is 293 g/mol. The molecule has 0 aromatic rings. The van der Waals surface area contributed by atoms with Gasteiger partial charge in [-0.3, -0.25) is 9.59 Å². The highest BCUT2D eigenvalue weighted by molar-refractivity contribution is 7.91. The highest BCUT2D eigenvalue weighted by atomic mass is 32.2. The zero-order valence-electron chi connectivity index (χ0n) is 10.8. The lowest BCUT2D eigenvalue weighted by molar-refractivity contribution is -0.140. The molecule has 2 atom stereocenters. The molecule has 19 heavy (non-hydrogen) atoms. The van der Waals surface area contributed by atoms with Crippen LogP contribution in [0, 0.1) is 5.92 Å². The molecule has 1 amide bonds.